The van der Waals surface area contributed by atoms with E-state index in [-0.39, 0.29) is 24.6 Å². The molecule has 0 unspecified atom stereocenters. The second kappa shape index (κ2) is 8.02. The molecular formula is C17H17FN2O3S. The van der Waals surface area contributed by atoms with Gasteiger partial charge < -0.3 is 5.11 Å². The van der Waals surface area contributed by atoms with Gasteiger partial charge in [-0.1, -0.05) is 36.4 Å². The number of benzene rings is 2. The van der Waals surface area contributed by atoms with E-state index >= 15 is 0 Å². The Balaban J connectivity index is 2.32. The molecule has 2 aromatic carbocycles. The largest absolute Gasteiger partial charge is 0.395 e. The molecule has 2 rings (SSSR count). The maximum absolute atomic E-state index is 13.7. The first-order chi connectivity index (χ1) is 11.5. The van der Waals surface area contributed by atoms with E-state index in [1.54, 1.807) is 6.07 Å². The van der Waals surface area contributed by atoms with E-state index in [9.17, 15) is 17.9 Å². The first kappa shape index (κ1) is 18.1. The fraction of sp³-hybridized carbons (Fsp3) is 0.235. The van der Waals surface area contributed by atoms with Crippen LogP contribution in [0.4, 0.5) is 4.39 Å². The van der Waals surface area contributed by atoms with Crippen LogP contribution in [0, 0.1) is 17.1 Å². The number of rotatable bonds is 7. The highest BCUT2D eigenvalue weighted by Crippen LogP contribution is 2.22. The van der Waals surface area contributed by atoms with Crippen molar-refractivity contribution in [3.8, 4) is 6.07 Å². The smallest absolute Gasteiger partial charge is 0.244 e. The summed E-state index contributed by atoms with van der Waals surface area (Å²) in [7, 11) is -4.09. The van der Waals surface area contributed by atoms with Gasteiger partial charge in [0.2, 0.25) is 10.0 Å². The van der Waals surface area contributed by atoms with Crippen molar-refractivity contribution in [2.75, 3.05) is 19.7 Å². The normalized spacial score (nSPS) is 11.4. The molecule has 24 heavy (non-hydrogen) atoms. The molecule has 0 fully saturated rings. The van der Waals surface area contributed by atoms with Gasteiger partial charge >= 0.3 is 0 Å². The quantitative estimate of drug-likeness (QED) is 0.829. The summed E-state index contributed by atoms with van der Waals surface area (Å²) in [4.78, 5) is -0.383. The lowest BCUT2D eigenvalue weighted by molar-refractivity contribution is 0.254. The van der Waals surface area contributed by atoms with Gasteiger partial charge in [-0.3, -0.25) is 0 Å². The molecule has 5 nitrogen and oxygen atoms in total. The lowest BCUT2D eigenvalue weighted by atomic mass is 10.1. The molecule has 7 heteroatoms. The number of hydrogen-bond acceptors (Lipinski definition) is 4. The van der Waals surface area contributed by atoms with Crippen LogP contribution in [0.1, 0.15) is 11.1 Å². The van der Waals surface area contributed by atoms with Crippen LogP contribution in [0.15, 0.2) is 53.4 Å². The molecule has 0 aliphatic rings. The second-order valence-corrected chi connectivity index (χ2v) is 6.99. The van der Waals surface area contributed by atoms with Crippen LogP contribution < -0.4 is 0 Å². The van der Waals surface area contributed by atoms with Crippen molar-refractivity contribution in [2.45, 2.75) is 11.3 Å². The zero-order valence-corrected chi connectivity index (χ0v) is 13.7. The van der Waals surface area contributed by atoms with Gasteiger partial charge in [0.15, 0.2) is 0 Å². The average molecular weight is 348 g/mol. The topological polar surface area (TPSA) is 81.4 Å². The van der Waals surface area contributed by atoms with Crippen molar-refractivity contribution < 1.29 is 17.9 Å². The summed E-state index contributed by atoms with van der Waals surface area (Å²) < 4.78 is 40.3. The van der Waals surface area contributed by atoms with Crippen LogP contribution in [0.25, 0.3) is 0 Å². The summed E-state index contributed by atoms with van der Waals surface area (Å²) in [6, 6.07) is 14.4. The van der Waals surface area contributed by atoms with E-state index < -0.39 is 21.4 Å². The predicted octanol–water partition coefficient (Wildman–Crippen LogP) is 1.92. The molecule has 0 spiro atoms. The Bertz CT molecular complexity index is 833. The molecule has 0 atom stereocenters. The summed E-state index contributed by atoms with van der Waals surface area (Å²) in [5.74, 6) is -0.884. The van der Waals surface area contributed by atoms with Gasteiger partial charge in [-0.15, -0.1) is 0 Å². The van der Waals surface area contributed by atoms with E-state index in [0.29, 0.717) is 6.42 Å². The van der Waals surface area contributed by atoms with Gasteiger partial charge in [-0.25, -0.2) is 12.8 Å². The Morgan fingerprint density at radius 2 is 1.79 bits per heavy atom. The van der Waals surface area contributed by atoms with Crippen LogP contribution >= 0.6 is 0 Å². The van der Waals surface area contributed by atoms with Gasteiger partial charge in [-0.05, 0) is 24.1 Å². The minimum Gasteiger partial charge on any atom is -0.395 e. The van der Waals surface area contributed by atoms with Crippen LogP contribution in [0.5, 0.6) is 0 Å². The number of hydrogen-bond donors (Lipinski definition) is 1. The molecule has 126 valence electrons. The third-order valence-electron chi connectivity index (χ3n) is 3.55. The van der Waals surface area contributed by atoms with Gasteiger partial charge in [0, 0.05) is 13.1 Å². The molecule has 0 aromatic heterocycles. The number of aliphatic hydroxyl groups excluding tert-OH is 1. The first-order valence-corrected chi connectivity index (χ1v) is 8.78. The van der Waals surface area contributed by atoms with Gasteiger partial charge in [-0.2, -0.15) is 9.57 Å². The van der Waals surface area contributed by atoms with E-state index in [4.69, 9.17) is 5.26 Å². The van der Waals surface area contributed by atoms with E-state index in [1.807, 2.05) is 30.3 Å². The fourth-order valence-electron chi connectivity index (χ4n) is 2.33. The van der Waals surface area contributed by atoms with E-state index in [2.05, 4.69) is 0 Å². The molecule has 0 saturated heterocycles. The maximum Gasteiger partial charge on any atom is 0.244 e. The standard InChI is InChI=1S/C17H17FN2O3S/c18-16-7-4-8-17(15(16)13-19)24(22,23)20(11-12-21)10-9-14-5-2-1-3-6-14/h1-8,21H,9-12H2. The Morgan fingerprint density at radius 3 is 2.42 bits per heavy atom. The van der Waals surface area contributed by atoms with Gasteiger partial charge in [0.05, 0.1) is 6.61 Å². The van der Waals surface area contributed by atoms with Crippen molar-refractivity contribution in [3.05, 3.63) is 65.5 Å². The summed E-state index contributed by atoms with van der Waals surface area (Å²) in [6.45, 7) is -0.379. The molecule has 0 bridgehead atoms. The molecule has 0 radical (unpaired) electrons. The van der Waals surface area contributed by atoms with Crippen molar-refractivity contribution in [2.24, 2.45) is 0 Å². The Labute approximate surface area is 140 Å². The highest BCUT2D eigenvalue weighted by atomic mass is 32.2. The van der Waals surface area contributed by atoms with Crippen LogP contribution in [0.2, 0.25) is 0 Å². The number of sulfonamides is 1. The van der Waals surface area contributed by atoms with E-state index in [0.717, 1.165) is 15.9 Å². The minimum absolute atomic E-state index is 0.119. The second-order valence-electron chi connectivity index (χ2n) is 5.09. The molecular weight excluding hydrogens is 331 g/mol. The van der Waals surface area contributed by atoms with Crippen molar-refractivity contribution in [1.29, 1.82) is 5.26 Å². The first-order valence-electron chi connectivity index (χ1n) is 7.34. The van der Waals surface area contributed by atoms with Crippen molar-refractivity contribution >= 4 is 10.0 Å². The van der Waals surface area contributed by atoms with Gasteiger partial charge in [0.25, 0.3) is 0 Å². The van der Waals surface area contributed by atoms with Gasteiger partial charge in [0.1, 0.15) is 22.3 Å². The number of aliphatic hydroxyl groups is 1. The highest BCUT2D eigenvalue weighted by molar-refractivity contribution is 7.89. The van der Waals surface area contributed by atoms with Crippen LogP contribution in [0.3, 0.4) is 0 Å². The van der Waals surface area contributed by atoms with Crippen molar-refractivity contribution in [1.82, 2.24) is 4.31 Å². The Morgan fingerprint density at radius 1 is 1.08 bits per heavy atom. The average Bonchev–Trinajstić information content (AvgIpc) is 2.59. The van der Waals surface area contributed by atoms with Crippen LogP contribution in [-0.2, 0) is 16.4 Å². The zero-order chi connectivity index (χ0) is 17.6. The summed E-state index contributed by atoms with van der Waals surface area (Å²) in [5.41, 5.74) is 0.426. The summed E-state index contributed by atoms with van der Waals surface area (Å²) in [5, 5.41) is 18.2. The molecule has 0 heterocycles. The van der Waals surface area contributed by atoms with E-state index in [1.165, 1.54) is 12.1 Å². The summed E-state index contributed by atoms with van der Waals surface area (Å²) in [6.07, 6.45) is 0.442. The maximum atomic E-state index is 13.7. The monoisotopic (exact) mass is 348 g/mol. The Kier molecular flexibility index (Phi) is 6.04. The third kappa shape index (κ3) is 3.97. The molecule has 2 aromatic rings. The van der Waals surface area contributed by atoms with Crippen molar-refractivity contribution in [3.63, 3.8) is 0 Å². The molecule has 0 saturated carbocycles. The molecule has 1 N–H and O–H groups in total. The molecule has 0 aliphatic heterocycles. The minimum atomic E-state index is -4.09. The lowest BCUT2D eigenvalue weighted by Gasteiger charge is -2.22. The number of halogens is 1. The number of nitrogens with zero attached hydrogens (tertiary/aromatic N) is 2. The Hall–Kier alpha value is -2.27. The molecule has 0 aliphatic carbocycles. The zero-order valence-electron chi connectivity index (χ0n) is 12.9. The van der Waals surface area contributed by atoms with Crippen LogP contribution in [-0.4, -0.2) is 37.5 Å². The molecule has 0 amide bonds. The number of nitriles is 1. The predicted molar refractivity (Wildman–Crippen MR) is 87.1 cm³/mol. The SMILES string of the molecule is N#Cc1c(F)cccc1S(=O)(=O)N(CCO)CCc1ccccc1. The highest BCUT2D eigenvalue weighted by Gasteiger charge is 2.28. The third-order valence-corrected chi connectivity index (χ3v) is 5.49. The summed E-state index contributed by atoms with van der Waals surface area (Å²) >= 11 is 0. The lowest BCUT2D eigenvalue weighted by Crippen LogP contribution is -2.35. The fourth-order valence-corrected chi connectivity index (χ4v) is 3.91.